The van der Waals surface area contributed by atoms with Gasteiger partial charge in [0, 0.05) is 39.9 Å². The minimum absolute atomic E-state index is 0.0997. The number of hydrogen-bond donors (Lipinski definition) is 1. The van der Waals surface area contributed by atoms with Crippen LogP contribution in [0.3, 0.4) is 0 Å². The molecule has 3 aromatic carbocycles. The van der Waals surface area contributed by atoms with Crippen LogP contribution >= 0.6 is 15.9 Å². The summed E-state index contributed by atoms with van der Waals surface area (Å²) in [6.07, 6.45) is 1.26. The summed E-state index contributed by atoms with van der Waals surface area (Å²) in [7, 11) is -2.07. The molecular weight excluding hydrogens is 733 g/mol. The fourth-order valence-corrected chi connectivity index (χ4v) is 11.3. The molecule has 266 valence electrons. The number of aliphatic hydroxyl groups excluding tert-OH is 1. The zero-order chi connectivity index (χ0) is 36.2. The highest BCUT2D eigenvalue weighted by molar-refractivity contribution is 9.10. The number of halogens is 2. The summed E-state index contributed by atoms with van der Waals surface area (Å²) in [5.41, 5.74) is 2.48. The van der Waals surface area contributed by atoms with E-state index in [-0.39, 0.29) is 42.7 Å². The van der Waals surface area contributed by atoms with E-state index < -0.39 is 37.6 Å². The van der Waals surface area contributed by atoms with Crippen molar-refractivity contribution in [2.75, 3.05) is 18.6 Å². The van der Waals surface area contributed by atoms with Crippen molar-refractivity contribution in [3.05, 3.63) is 122 Å². The van der Waals surface area contributed by atoms with E-state index in [1.165, 1.54) is 11.7 Å². The molecule has 1 spiro atoms. The van der Waals surface area contributed by atoms with E-state index in [2.05, 4.69) is 15.9 Å². The van der Waals surface area contributed by atoms with E-state index in [1.807, 2.05) is 73.7 Å². The Bertz CT molecular complexity index is 2050. The van der Waals surface area contributed by atoms with Crippen molar-refractivity contribution in [3.8, 4) is 11.4 Å². The molecule has 7 rings (SSSR count). The highest BCUT2D eigenvalue weighted by Crippen LogP contribution is 2.60. The van der Waals surface area contributed by atoms with E-state index >= 15 is 4.11 Å². The van der Waals surface area contributed by atoms with Gasteiger partial charge in [0.1, 0.15) is 0 Å². The molecular formula is C39H41BrFN3O6Si. The van der Waals surface area contributed by atoms with Crippen molar-refractivity contribution in [1.29, 1.82) is 0 Å². The summed E-state index contributed by atoms with van der Waals surface area (Å²) in [6.45, 7) is 5.50. The summed E-state index contributed by atoms with van der Waals surface area (Å²) < 4.78 is 30.8. The van der Waals surface area contributed by atoms with Crippen molar-refractivity contribution < 1.29 is 28.3 Å². The summed E-state index contributed by atoms with van der Waals surface area (Å²) in [4.78, 5) is 45.1. The van der Waals surface area contributed by atoms with Gasteiger partial charge in [-0.05, 0) is 78.7 Å². The maximum Gasteiger partial charge on any atom is 0.297 e. The predicted octanol–water partition coefficient (Wildman–Crippen LogP) is 6.27. The Hall–Kier alpha value is -4.10. The molecule has 0 bridgehead atoms. The molecule has 0 aliphatic carbocycles. The van der Waals surface area contributed by atoms with Crippen LogP contribution in [0.5, 0.6) is 5.75 Å². The smallest absolute Gasteiger partial charge is 0.297 e. The zero-order valence-corrected chi connectivity index (χ0v) is 31.6. The summed E-state index contributed by atoms with van der Waals surface area (Å²) in [5.74, 6) is -0.858. The number of aromatic nitrogens is 1. The topological polar surface area (TPSA) is 101 Å². The van der Waals surface area contributed by atoms with Gasteiger partial charge < -0.3 is 28.5 Å². The number of rotatable bonds is 8. The second kappa shape index (κ2) is 13.5. The van der Waals surface area contributed by atoms with Crippen LogP contribution in [0.1, 0.15) is 35.6 Å². The van der Waals surface area contributed by atoms with Gasteiger partial charge in [-0.15, -0.1) is 0 Å². The Kier molecular flexibility index (Phi) is 9.32. The van der Waals surface area contributed by atoms with E-state index in [9.17, 15) is 19.5 Å². The fourth-order valence-electron chi connectivity index (χ4n) is 8.49. The number of carbonyl (C=O) groups is 2. The standard InChI is InChI=1S/C39H41BrFN3O6Si/c1-24-36(51(3,4)41)34(20-35(46)43-22-27-9-6-5-8-26(27)18-30(43)23-45)50-39(24)31-19-28(40)13-16-32(31)44(38(39)48)21-25-11-14-29(15-12-25)42-17-7-10-33(49-2)37(42)47/h5-17,19,24,30,34,36,45H,18,20-23H2,1-4H3/t24-,30-,34+,36-,39+/m0/s1. The molecule has 0 unspecified atom stereocenters. The molecule has 1 N–H and O–H groups in total. The Morgan fingerprint density at radius 2 is 1.78 bits per heavy atom. The monoisotopic (exact) mass is 773 g/mol. The van der Waals surface area contributed by atoms with Gasteiger partial charge in [-0.3, -0.25) is 19.0 Å². The van der Waals surface area contributed by atoms with Gasteiger partial charge in [0.2, 0.25) is 14.3 Å². The number of amides is 2. The Morgan fingerprint density at radius 3 is 2.47 bits per heavy atom. The third kappa shape index (κ3) is 6.05. The Labute approximate surface area is 305 Å². The zero-order valence-electron chi connectivity index (χ0n) is 29.0. The van der Waals surface area contributed by atoms with Crippen molar-refractivity contribution in [2.24, 2.45) is 5.92 Å². The highest BCUT2D eigenvalue weighted by Gasteiger charge is 2.67. The largest absolute Gasteiger partial charge is 0.491 e. The van der Waals surface area contributed by atoms with E-state index in [4.69, 9.17) is 9.47 Å². The van der Waals surface area contributed by atoms with Gasteiger partial charge in [-0.2, -0.15) is 0 Å². The molecule has 5 atom stereocenters. The normalized spacial score (nSPS) is 24.2. The molecule has 12 heteroatoms. The first kappa shape index (κ1) is 35.3. The second-order valence-electron chi connectivity index (χ2n) is 14.3. The molecule has 9 nitrogen and oxygen atoms in total. The molecule has 0 radical (unpaired) electrons. The third-order valence-electron chi connectivity index (χ3n) is 10.9. The average Bonchev–Trinajstić information content (AvgIpc) is 3.53. The minimum Gasteiger partial charge on any atom is -0.491 e. The first-order valence-corrected chi connectivity index (χ1v) is 20.9. The molecule has 1 fully saturated rings. The molecule has 51 heavy (non-hydrogen) atoms. The second-order valence-corrected chi connectivity index (χ2v) is 19.0. The lowest BCUT2D eigenvalue weighted by molar-refractivity contribution is -0.151. The first-order valence-electron chi connectivity index (χ1n) is 17.2. The number of anilines is 1. The quantitative estimate of drug-likeness (QED) is 0.168. The Balaban J connectivity index is 1.20. The average molecular weight is 775 g/mol. The summed E-state index contributed by atoms with van der Waals surface area (Å²) >= 11 is 3.59. The van der Waals surface area contributed by atoms with E-state index in [0.29, 0.717) is 29.9 Å². The first-order chi connectivity index (χ1) is 24.4. The van der Waals surface area contributed by atoms with Crippen molar-refractivity contribution >= 4 is 41.8 Å². The third-order valence-corrected chi connectivity index (χ3v) is 13.8. The number of fused-ring (bicyclic) bond motifs is 3. The van der Waals surface area contributed by atoms with Gasteiger partial charge in [0.25, 0.3) is 11.5 Å². The van der Waals surface area contributed by atoms with Crippen LogP contribution in [0.25, 0.3) is 5.69 Å². The number of pyridine rings is 1. The lowest BCUT2D eigenvalue weighted by Gasteiger charge is -2.37. The highest BCUT2D eigenvalue weighted by atomic mass is 79.9. The maximum absolute atomic E-state index is 16.5. The molecule has 1 saturated heterocycles. The number of benzene rings is 3. The van der Waals surface area contributed by atoms with Gasteiger partial charge in [-0.1, -0.05) is 59.3 Å². The van der Waals surface area contributed by atoms with Crippen molar-refractivity contribution in [2.45, 2.75) is 69.2 Å². The number of nitrogens with zero attached hydrogens (tertiary/aromatic N) is 3. The van der Waals surface area contributed by atoms with Crippen LogP contribution in [0, 0.1) is 5.92 Å². The number of methoxy groups -OCH3 is 1. The summed E-state index contributed by atoms with van der Waals surface area (Å²) in [6, 6.07) is 23.8. The predicted molar refractivity (Wildman–Crippen MR) is 198 cm³/mol. The van der Waals surface area contributed by atoms with Gasteiger partial charge in [-0.25, -0.2) is 0 Å². The van der Waals surface area contributed by atoms with Crippen LogP contribution in [0.4, 0.5) is 9.80 Å². The Morgan fingerprint density at radius 1 is 1.06 bits per heavy atom. The molecule has 3 aliphatic heterocycles. The van der Waals surface area contributed by atoms with Crippen LogP contribution in [0.2, 0.25) is 18.6 Å². The van der Waals surface area contributed by atoms with Gasteiger partial charge >= 0.3 is 0 Å². The number of hydrogen-bond acceptors (Lipinski definition) is 6. The number of carbonyl (C=O) groups excluding carboxylic acids is 2. The summed E-state index contributed by atoms with van der Waals surface area (Å²) in [5, 5.41) is 10.3. The lowest BCUT2D eigenvalue weighted by atomic mass is 9.82. The lowest BCUT2D eigenvalue weighted by Crippen LogP contribution is -2.48. The molecule has 0 saturated carbocycles. The maximum atomic E-state index is 16.5. The molecule has 3 aliphatic rings. The molecule has 4 heterocycles. The van der Waals surface area contributed by atoms with Crippen LogP contribution in [-0.2, 0) is 39.4 Å². The van der Waals surface area contributed by atoms with Gasteiger partial charge in [0.05, 0.1) is 44.5 Å². The van der Waals surface area contributed by atoms with E-state index in [1.54, 1.807) is 41.2 Å². The molecule has 2 amide bonds. The van der Waals surface area contributed by atoms with E-state index in [0.717, 1.165) is 21.2 Å². The fraction of sp³-hybridized carbons (Fsp3) is 0.359. The molecule has 4 aromatic rings. The van der Waals surface area contributed by atoms with Gasteiger partial charge in [0.15, 0.2) is 11.4 Å². The molecule has 1 aromatic heterocycles. The van der Waals surface area contributed by atoms with Crippen LogP contribution in [-0.4, -0.2) is 60.7 Å². The van der Waals surface area contributed by atoms with Crippen molar-refractivity contribution in [3.63, 3.8) is 0 Å². The minimum atomic E-state index is -3.52. The van der Waals surface area contributed by atoms with Crippen molar-refractivity contribution in [1.82, 2.24) is 9.47 Å². The van der Waals surface area contributed by atoms with Crippen LogP contribution < -0.4 is 15.2 Å². The number of aliphatic hydroxyl groups is 1. The number of ether oxygens (including phenoxy) is 2. The van der Waals surface area contributed by atoms with Crippen LogP contribution in [0.15, 0.2) is 94.3 Å². The SMILES string of the molecule is COc1cccn(-c2ccc(CN3C(=O)[C@]4(O[C@H](CC(=O)N5Cc6ccccc6C[C@H]5CO)[C@@H]([Si](C)(C)F)[C@@H]4C)c4cc(Br)ccc43)cc2)c1=O.